The summed E-state index contributed by atoms with van der Waals surface area (Å²) in [4.78, 5) is 0.392. The zero-order valence-corrected chi connectivity index (χ0v) is 14.6. The molecule has 0 fully saturated rings. The molecule has 0 atom stereocenters. The van der Waals surface area contributed by atoms with Crippen LogP contribution in [0.1, 0.15) is 5.56 Å². The Balaban J connectivity index is 2.27. The Bertz CT molecular complexity index is 644. The lowest BCUT2D eigenvalue weighted by atomic mass is 10.2. The Hall–Kier alpha value is -1.11. The first kappa shape index (κ1) is 15.3. The maximum absolute atomic E-state index is 5.58. The second-order valence-corrected chi connectivity index (χ2v) is 6.18. The maximum atomic E-state index is 5.58. The van der Waals surface area contributed by atoms with E-state index in [1.165, 1.54) is 0 Å². The number of rotatable bonds is 4. The molecule has 0 saturated heterocycles. The smallest absolute Gasteiger partial charge is 0.135 e. The summed E-state index contributed by atoms with van der Waals surface area (Å²) < 4.78 is 7.11. The monoisotopic (exact) mass is 414 g/mol. The first-order valence-electron chi connectivity index (χ1n) is 5.71. The molecule has 0 saturated carbocycles. The summed E-state index contributed by atoms with van der Waals surface area (Å²) in [5.74, 6) is 0.760. The lowest BCUT2D eigenvalue weighted by Gasteiger charge is -2.12. The van der Waals surface area contributed by atoms with Gasteiger partial charge in [-0.15, -0.1) is 0 Å². The number of ether oxygens (including phenoxy) is 1. The highest BCUT2D eigenvalue weighted by Gasteiger charge is 2.07. The van der Waals surface area contributed by atoms with Gasteiger partial charge in [0.05, 0.1) is 17.3 Å². The van der Waals surface area contributed by atoms with E-state index >= 15 is 0 Å². The molecule has 0 amide bonds. The van der Waals surface area contributed by atoms with Crippen LogP contribution in [0.15, 0.2) is 45.3 Å². The lowest BCUT2D eigenvalue weighted by molar-refractivity contribution is 0.412. The van der Waals surface area contributed by atoms with Crippen LogP contribution in [0.4, 0.5) is 11.4 Å². The van der Waals surface area contributed by atoms with Crippen molar-refractivity contribution in [2.75, 3.05) is 12.4 Å². The predicted molar refractivity (Wildman–Crippen MR) is 94.0 cm³/mol. The van der Waals surface area contributed by atoms with Crippen molar-refractivity contribution in [3.05, 3.63) is 50.9 Å². The van der Waals surface area contributed by atoms with E-state index in [-0.39, 0.29) is 0 Å². The van der Waals surface area contributed by atoms with Crippen molar-refractivity contribution >= 4 is 60.4 Å². The van der Waals surface area contributed by atoms with Crippen LogP contribution in [0.3, 0.4) is 0 Å². The Labute approximate surface area is 139 Å². The summed E-state index contributed by atoms with van der Waals surface area (Å²) in [6.45, 7) is 0. The highest BCUT2D eigenvalue weighted by Crippen LogP contribution is 2.35. The third-order valence-electron chi connectivity index (χ3n) is 2.69. The molecule has 0 radical (unpaired) electrons. The van der Waals surface area contributed by atoms with Crippen LogP contribution >= 0.6 is 44.1 Å². The summed E-state index contributed by atoms with van der Waals surface area (Å²) in [5.41, 5.74) is 8.27. The quantitative estimate of drug-likeness (QED) is 0.716. The first-order chi connectivity index (χ1) is 9.51. The van der Waals surface area contributed by atoms with E-state index in [0.29, 0.717) is 4.99 Å². The van der Waals surface area contributed by atoms with Crippen molar-refractivity contribution in [2.24, 2.45) is 5.73 Å². The Morgan fingerprint density at radius 2 is 1.80 bits per heavy atom. The molecule has 0 aliphatic heterocycles. The van der Waals surface area contributed by atoms with Crippen molar-refractivity contribution in [1.29, 1.82) is 0 Å². The van der Waals surface area contributed by atoms with Gasteiger partial charge in [-0.1, -0.05) is 12.2 Å². The molecule has 0 heterocycles. The fourth-order valence-electron chi connectivity index (χ4n) is 1.65. The number of nitrogens with one attached hydrogen (secondary N) is 1. The number of thiocarbonyl (C=S) groups is 1. The summed E-state index contributed by atoms with van der Waals surface area (Å²) in [6.07, 6.45) is 0. The van der Waals surface area contributed by atoms with Crippen LogP contribution in [-0.2, 0) is 0 Å². The molecule has 0 unspecified atom stereocenters. The summed E-state index contributed by atoms with van der Waals surface area (Å²) in [5, 5.41) is 3.31. The Kier molecular flexibility index (Phi) is 5.01. The summed E-state index contributed by atoms with van der Waals surface area (Å²) in [7, 11) is 1.63. The van der Waals surface area contributed by atoms with Gasteiger partial charge < -0.3 is 15.8 Å². The van der Waals surface area contributed by atoms with E-state index in [9.17, 15) is 0 Å². The standard InChI is InChI=1S/C14H12Br2N2OS/c1-19-13-7-12(10(15)6-11(13)16)18-9-4-2-8(3-5-9)14(17)20/h2-7,18H,1H3,(H2,17,20). The molecule has 2 rings (SSSR count). The van der Waals surface area contributed by atoms with Gasteiger partial charge in [0.2, 0.25) is 0 Å². The number of methoxy groups -OCH3 is 1. The SMILES string of the molecule is COc1cc(Nc2ccc(C(N)=S)cc2)c(Br)cc1Br. The van der Waals surface area contributed by atoms with Crippen molar-refractivity contribution in [2.45, 2.75) is 0 Å². The molecule has 0 bridgehead atoms. The van der Waals surface area contributed by atoms with Crippen LogP contribution in [0, 0.1) is 0 Å². The first-order valence-corrected chi connectivity index (χ1v) is 7.70. The van der Waals surface area contributed by atoms with Gasteiger partial charge >= 0.3 is 0 Å². The molecule has 2 aromatic rings. The average Bonchev–Trinajstić information content (AvgIpc) is 2.42. The number of halogens is 2. The number of nitrogens with two attached hydrogens (primary N) is 1. The van der Waals surface area contributed by atoms with Crippen molar-refractivity contribution < 1.29 is 4.74 Å². The normalized spacial score (nSPS) is 10.2. The van der Waals surface area contributed by atoms with Crippen molar-refractivity contribution in [1.82, 2.24) is 0 Å². The van der Waals surface area contributed by atoms with Gasteiger partial charge in [-0.25, -0.2) is 0 Å². The van der Waals surface area contributed by atoms with Crippen molar-refractivity contribution in [3.8, 4) is 5.75 Å². The van der Waals surface area contributed by atoms with Gasteiger partial charge in [0.1, 0.15) is 10.7 Å². The largest absolute Gasteiger partial charge is 0.495 e. The minimum atomic E-state index is 0.392. The van der Waals surface area contributed by atoms with Crippen LogP contribution in [0.2, 0.25) is 0 Å². The molecular weight excluding hydrogens is 404 g/mol. The Morgan fingerprint density at radius 3 is 2.35 bits per heavy atom. The molecule has 3 nitrogen and oxygen atoms in total. The minimum Gasteiger partial charge on any atom is -0.495 e. The molecule has 6 heteroatoms. The van der Waals surface area contributed by atoms with Crippen LogP contribution in [0.5, 0.6) is 5.75 Å². The molecule has 3 N–H and O–H groups in total. The van der Waals surface area contributed by atoms with E-state index in [4.69, 9.17) is 22.7 Å². The number of anilines is 2. The minimum absolute atomic E-state index is 0.392. The lowest BCUT2D eigenvalue weighted by Crippen LogP contribution is -2.08. The van der Waals surface area contributed by atoms with Crippen LogP contribution in [0.25, 0.3) is 0 Å². The van der Waals surface area contributed by atoms with Crippen molar-refractivity contribution in [3.63, 3.8) is 0 Å². The van der Waals surface area contributed by atoms with Gasteiger partial charge in [-0.3, -0.25) is 0 Å². The topological polar surface area (TPSA) is 47.3 Å². The fraction of sp³-hybridized carbons (Fsp3) is 0.0714. The van der Waals surface area contributed by atoms with Crippen LogP contribution in [-0.4, -0.2) is 12.1 Å². The van der Waals surface area contributed by atoms with E-state index in [1.54, 1.807) is 7.11 Å². The van der Waals surface area contributed by atoms with E-state index in [0.717, 1.165) is 31.6 Å². The third kappa shape index (κ3) is 3.50. The number of hydrogen-bond acceptors (Lipinski definition) is 3. The highest BCUT2D eigenvalue weighted by molar-refractivity contribution is 9.11. The van der Waals surface area contributed by atoms with E-state index in [2.05, 4.69) is 37.2 Å². The average molecular weight is 416 g/mol. The van der Waals surface area contributed by atoms with Gasteiger partial charge in [0, 0.05) is 21.8 Å². The molecule has 104 valence electrons. The van der Waals surface area contributed by atoms with Gasteiger partial charge in [-0.2, -0.15) is 0 Å². The fourth-order valence-corrected chi connectivity index (χ4v) is 3.05. The van der Waals surface area contributed by atoms with Gasteiger partial charge in [-0.05, 0) is 62.2 Å². The van der Waals surface area contributed by atoms with Crippen LogP contribution < -0.4 is 15.8 Å². The molecule has 0 aliphatic rings. The summed E-state index contributed by atoms with van der Waals surface area (Å²) >= 11 is 11.9. The van der Waals surface area contributed by atoms with Gasteiger partial charge in [0.25, 0.3) is 0 Å². The second kappa shape index (κ2) is 6.56. The highest BCUT2D eigenvalue weighted by atomic mass is 79.9. The molecule has 20 heavy (non-hydrogen) atoms. The molecular formula is C14H12Br2N2OS. The molecule has 0 aromatic heterocycles. The molecule has 0 aliphatic carbocycles. The molecule has 2 aromatic carbocycles. The molecule has 0 spiro atoms. The van der Waals surface area contributed by atoms with E-state index in [1.807, 2.05) is 36.4 Å². The van der Waals surface area contributed by atoms with Gasteiger partial charge in [0.15, 0.2) is 0 Å². The summed E-state index contributed by atoms with van der Waals surface area (Å²) in [6, 6.07) is 11.5. The third-order valence-corrected chi connectivity index (χ3v) is 4.20. The zero-order valence-electron chi connectivity index (χ0n) is 10.6. The predicted octanol–water partition coefficient (Wildman–Crippen LogP) is 4.60. The van der Waals surface area contributed by atoms with E-state index < -0.39 is 0 Å². The second-order valence-electron chi connectivity index (χ2n) is 4.03. The number of hydrogen-bond donors (Lipinski definition) is 2. The number of benzene rings is 2. The zero-order chi connectivity index (χ0) is 14.7. The maximum Gasteiger partial charge on any atom is 0.135 e. The Morgan fingerprint density at radius 1 is 1.15 bits per heavy atom.